The van der Waals surface area contributed by atoms with Gasteiger partial charge in [-0.1, -0.05) is 35.5 Å². The molecule has 0 saturated carbocycles. The lowest BCUT2D eigenvalue weighted by Crippen LogP contribution is -2.13. The van der Waals surface area contributed by atoms with Gasteiger partial charge in [0.15, 0.2) is 5.69 Å². The number of nitrogens with zero attached hydrogens (tertiary/aromatic N) is 3. The van der Waals surface area contributed by atoms with Crippen LogP contribution in [0.25, 0.3) is 0 Å². The largest absolute Gasteiger partial charge is 0.492 e. The second-order valence-corrected chi connectivity index (χ2v) is 6.76. The normalized spacial score (nSPS) is 15.0. The molecule has 0 aliphatic carbocycles. The summed E-state index contributed by atoms with van der Waals surface area (Å²) in [5, 5.41) is 10.9. The summed E-state index contributed by atoms with van der Waals surface area (Å²) in [7, 11) is 0. The quantitative estimate of drug-likeness (QED) is 0.712. The van der Waals surface area contributed by atoms with Crippen LogP contribution >= 0.6 is 0 Å². The summed E-state index contributed by atoms with van der Waals surface area (Å²) in [6.07, 6.45) is 2.58. The highest BCUT2D eigenvalue weighted by Crippen LogP contribution is 2.38. The van der Waals surface area contributed by atoms with Crippen LogP contribution in [0.1, 0.15) is 35.5 Å². The van der Waals surface area contributed by atoms with E-state index in [-0.39, 0.29) is 17.7 Å². The first-order valence-electron chi connectivity index (χ1n) is 9.34. The molecule has 1 aromatic heterocycles. The van der Waals surface area contributed by atoms with Crippen molar-refractivity contribution < 1.29 is 14.3 Å². The van der Waals surface area contributed by atoms with Gasteiger partial charge in [0.2, 0.25) is 0 Å². The van der Waals surface area contributed by atoms with Crippen molar-refractivity contribution >= 4 is 11.6 Å². The standard InChI is InChI=1S/C21H22N4O3/c1-3-27-20-10-16-9-14(2)28-19(16)11-17(20)22-21(26)18-13-25(24-23-18)12-15-7-5-4-6-8-15/h4-8,10-11,13-14H,3,9,12H2,1-2H3,(H,22,26)/t14-/m1/s1. The number of hydrogen-bond donors (Lipinski definition) is 1. The third kappa shape index (κ3) is 3.83. The lowest BCUT2D eigenvalue weighted by molar-refractivity contribution is 0.102. The maximum absolute atomic E-state index is 12.7. The number of aromatic nitrogens is 3. The number of ether oxygens (including phenoxy) is 2. The molecule has 0 radical (unpaired) electrons. The number of hydrogen-bond acceptors (Lipinski definition) is 5. The molecule has 1 N–H and O–H groups in total. The zero-order chi connectivity index (χ0) is 19.5. The van der Waals surface area contributed by atoms with E-state index in [1.165, 1.54) is 0 Å². The van der Waals surface area contributed by atoms with E-state index >= 15 is 0 Å². The van der Waals surface area contributed by atoms with Crippen molar-refractivity contribution in [3.05, 3.63) is 65.5 Å². The fourth-order valence-corrected chi connectivity index (χ4v) is 3.25. The molecule has 4 rings (SSSR count). The van der Waals surface area contributed by atoms with E-state index < -0.39 is 0 Å². The van der Waals surface area contributed by atoms with Crippen LogP contribution in [0.2, 0.25) is 0 Å². The number of fused-ring (bicyclic) bond motifs is 1. The number of carbonyl (C=O) groups is 1. The predicted molar refractivity (Wildman–Crippen MR) is 105 cm³/mol. The molecule has 0 unspecified atom stereocenters. The minimum absolute atomic E-state index is 0.119. The highest BCUT2D eigenvalue weighted by Gasteiger charge is 2.23. The Balaban J connectivity index is 1.51. The van der Waals surface area contributed by atoms with Gasteiger partial charge < -0.3 is 14.8 Å². The van der Waals surface area contributed by atoms with Gasteiger partial charge in [-0.3, -0.25) is 4.79 Å². The van der Waals surface area contributed by atoms with E-state index in [0.29, 0.717) is 24.6 Å². The number of anilines is 1. The fourth-order valence-electron chi connectivity index (χ4n) is 3.25. The molecule has 28 heavy (non-hydrogen) atoms. The Bertz CT molecular complexity index is 985. The highest BCUT2D eigenvalue weighted by molar-refractivity contribution is 6.03. The Kier molecular flexibility index (Phi) is 4.97. The molecule has 0 spiro atoms. The predicted octanol–water partition coefficient (Wildman–Crippen LogP) is 3.30. The van der Waals surface area contributed by atoms with E-state index in [9.17, 15) is 4.79 Å². The lowest BCUT2D eigenvalue weighted by atomic mass is 10.1. The molecule has 0 saturated heterocycles. The van der Waals surface area contributed by atoms with Crippen LogP contribution in [0.5, 0.6) is 11.5 Å². The third-order valence-electron chi connectivity index (χ3n) is 4.50. The lowest BCUT2D eigenvalue weighted by Gasteiger charge is -2.13. The van der Waals surface area contributed by atoms with Crippen LogP contribution < -0.4 is 14.8 Å². The number of benzene rings is 2. The SMILES string of the molecule is CCOc1cc2c(cc1NC(=O)c1cn(Cc3ccccc3)nn1)O[C@H](C)C2. The van der Waals surface area contributed by atoms with Crippen LogP contribution in [-0.2, 0) is 13.0 Å². The van der Waals surface area contributed by atoms with Crippen molar-refractivity contribution in [2.45, 2.75) is 32.9 Å². The zero-order valence-corrected chi connectivity index (χ0v) is 15.9. The molecule has 3 aromatic rings. The molecule has 7 nitrogen and oxygen atoms in total. The fraction of sp³-hybridized carbons (Fsp3) is 0.286. The molecule has 0 fully saturated rings. The van der Waals surface area contributed by atoms with Crippen molar-refractivity contribution in [1.29, 1.82) is 0 Å². The highest BCUT2D eigenvalue weighted by atomic mass is 16.5. The summed E-state index contributed by atoms with van der Waals surface area (Å²) < 4.78 is 13.1. The monoisotopic (exact) mass is 378 g/mol. The van der Waals surface area contributed by atoms with Gasteiger partial charge in [0.05, 0.1) is 25.0 Å². The van der Waals surface area contributed by atoms with E-state index in [1.807, 2.05) is 56.3 Å². The first-order valence-corrected chi connectivity index (χ1v) is 9.34. The van der Waals surface area contributed by atoms with Crippen molar-refractivity contribution in [1.82, 2.24) is 15.0 Å². The molecule has 1 aliphatic heterocycles. The first kappa shape index (κ1) is 18.0. The van der Waals surface area contributed by atoms with Gasteiger partial charge in [-0.25, -0.2) is 4.68 Å². The van der Waals surface area contributed by atoms with Gasteiger partial charge in [-0.05, 0) is 25.5 Å². The van der Waals surface area contributed by atoms with E-state index in [1.54, 1.807) is 10.9 Å². The van der Waals surface area contributed by atoms with E-state index in [4.69, 9.17) is 9.47 Å². The molecule has 1 atom stereocenters. The molecule has 0 bridgehead atoms. The van der Waals surface area contributed by atoms with Crippen molar-refractivity contribution in [2.75, 3.05) is 11.9 Å². The van der Waals surface area contributed by atoms with Crippen LogP contribution in [0, 0.1) is 0 Å². The summed E-state index contributed by atoms with van der Waals surface area (Å²) in [5.41, 5.74) is 2.98. The second kappa shape index (κ2) is 7.72. The maximum Gasteiger partial charge on any atom is 0.277 e. The molecular weight excluding hydrogens is 356 g/mol. The Morgan fingerprint density at radius 2 is 2.14 bits per heavy atom. The molecular formula is C21H22N4O3. The van der Waals surface area contributed by atoms with Crippen molar-refractivity contribution in [3.63, 3.8) is 0 Å². The number of rotatable bonds is 6. The Morgan fingerprint density at radius 3 is 2.93 bits per heavy atom. The van der Waals surface area contributed by atoms with Gasteiger partial charge in [0, 0.05) is 18.1 Å². The Labute approximate surface area is 163 Å². The van der Waals surface area contributed by atoms with Gasteiger partial charge in [-0.15, -0.1) is 5.10 Å². The molecule has 2 heterocycles. The first-order chi connectivity index (χ1) is 13.6. The van der Waals surface area contributed by atoms with Crippen molar-refractivity contribution in [3.8, 4) is 11.5 Å². The summed E-state index contributed by atoms with van der Waals surface area (Å²) in [5.74, 6) is 1.06. The minimum Gasteiger partial charge on any atom is -0.492 e. The van der Waals surface area contributed by atoms with Gasteiger partial charge in [-0.2, -0.15) is 0 Å². The number of nitrogens with one attached hydrogen (secondary N) is 1. The maximum atomic E-state index is 12.7. The average molecular weight is 378 g/mol. The zero-order valence-electron chi connectivity index (χ0n) is 15.9. The van der Waals surface area contributed by atoms with Gasteiger partial charge in [0.25, 0.3) is 5.91 Å². The molecule has 7 heteroatoms. The number of amides is 1. The van der Waals surface area contributed by atoms with Crippen molar-refractivity contribution in [2.24, 2.45) is 0 Å². The van der Waals surface area contributed by atoms with Crippen LogP contribution in [-0.4, -0.2) is 33.6 Å². The van der Waals surface area contributed by atoms with Gasteiger partial charge in [0.1, 0.15) is 17.6 Å². The summed E-state index contributed by atoms with van der Waals surface area (Å²) >= 11 is 0. The summed E-state index contributed by atoms with van der Waals surface area (Å²) in [6.45, 7) is 4.98. The second-order valence-electron chi connectivity index (χ2n) is 6.76. The van der Waals surface area contributed by atoms with E-state index in [2.05, 4.69) is 15.6 Å². The molecule has 2 aromatic carbocycles. The molecule has 1 aliphatic rings. The van der Waals surface area contributed by atoms with Crippen LogP contribution in [0.3, 0.4) is 0 Å². The number of carbonyl (C=O) groups excluding carboxylic acids is 1. The topological polar surface area (TPSA) is 78.3 Å². The van der Waals surface area contributed by atoms with E-state index in [0.717, 1.165) is 23.3 Å². The van der Waals surface area contributed by atoms with Crippen LogP contribution in [0.4, 0.5) is 5.69 Å². The summed E-state index contributed by atoms with van der Waals surface area (Å²) in [4.78, 5) is 12.7. The minimum atomic E-state index is -0.341. The van der Waals surface area contributed by atoms with Crippen LogP contribution in [0.15, 0.2) is 48.7 Å². The molecule has 144 valence electrons. The van der Waals surface area contributed by atoms with Gasteiger partial charge >= 0.3 is 0 Å². The average Bonchev–Trinajstić information content (AvgIpc) is 3.28. The Hall–Kier alpha value is -3.35. The molecule has 1 amide bonds. The third-order valence-corrected chi connectivity index (χ3v) is 4.50. The smallest absolute Gasteiger partial charge is 0.277 e. The summed E-state index contributed by atoms with van der Waals surface area (Å²) in [6, 6.07) is 13.6. The Morgan fingerprint density at radius 1 is 1.32 bits per heavy atom.